The Hall–Kier alpha value is -2.82. The first kappa shape index (κ1) is 40.6. The summed E-state index contributed by atoms with van der Waals surface area (Å²) in [5.41, 5.74) is 5.07. The summed E-state index contributed by atoms with van der Waals surface area (Å²) in [5, 5.41) is 21.2. The maximum Gasteiger partial charge on any atom is 0.243 e. The molecule has 0 unspecified atom stereocenters. The number of aliphatic hydroxyl groups excluding tert-OH is 1. The Balaban J connectivity index is 1.70. The molecule has 2 aromatic rings. The minimum atomic E-state index is -0.597. The summed E-state index contributed by atoms with van der Waals surface area (Å²) < 4.78 is 13.3. The van der Waals surface area contributed by atoms with Crippen molar-refractivity contribution in [3.05, 3.63) is 65.2 Å². The Morgan fingerprint density at radius 2 is 1.37 bits per heavy atom. The average molecular weight is 682 g/mol. The molecule has 0 radical (unpaired) electrons. The van der Waals surface area contributed by atoms with E-state index >= 15 is 0 Å². The van der Waals surface area contributed by atoms with Gasteiger partial charge in [0.25, 0.3) is 0 Å². The number of rotatable bonds is 25. The highest BCUT2D eigenvalue weighted by Crippen LogP contribution is 2.38. The monoisotopic (exact) mass is 681 g/mol. The molecule has 3 rings (SSSR count). The maximum atomic E-state index is 12.6. The van der Waals surface area contributed by atoms with Crippen LogP contribution in [0.15, 0.2) is 48.5 Å². The predicted molar refractivity (Wildman–Crippen MR) is 195 cm³/mol. The van der Waals surface area contributed by atoms with Crippen LogP contribution in [0.5, 0.6) is 0 Å². The second-order valence-corrected chi connectivity index (χ2v) is 13.6. The summed E-state index contributed by atoms with van der Waals surface area (Å²) in [7, 11) is 0. The third-order valence-corrected chi connectivity index (χ3v) is 9.36. The number of amides is 2. The normalized spacial score (nSPS) is 17.7. The van der Waals surface area contributed by atoms with Crippen LogP contribution < -0.4 is 10.8 Å². The smallest absolute Gasteiger partial charge is 0.243 e. The lowest BCUT2D eigenvalue weighted by molar-refractivity contribution is -0.253. The van der Waals surface area contributed by atoms with Crippen LogP contribution in [0.25, 0.3) is 0 Å². The number of hydroxylamine groups is 1. The minimum Gasteiger partial charge on any atom is -0.392 e. The maximum absolute atomic E-state index is 12.6. The largest absolute Gasteiger partial charge is 0.392 e. The van der Waals surface area contributed by atoms with Gasteiger partial charge in [-0.05, 0) is 62.0 Å². The number of unbranched alkanes of at least 4 members (excludes halogenated alkanes) is 11. The lowest BCUT2D eigenvalue weighted by Crippen LogP contribution is -2.40. The molecule has 2 amide bonds. The van der Waals surface area contributed by atoms with E-state index in [-0.39, 0.29) is 37.6 Å². The van der Waals surface area contributed by atoms with Gasteiger partial charge < -0.3 is 24.8 Å². The Morgan fingerprint density at radius 3 is 1.98 bits per heavy atom. The van der Waals surface area contributed by atoms with E-state index in [1.54, 1.807) is 5.48 Å². The topological polar surface area (TPSA) is 120 Å². The van der Waals surface area contributed by atoms with Crippen LogP contribution in [0.3, 0.4) is 0 Å². The lowest BCUT2D eigenvalue weighted by atomic mass is 9.99. The van der Waals surface area contributed by atoms with E-state index in [9.17, 15) is 14.7 Å². The Labute approximate surface area is 295 Å². The van der Waals surface area contributed by atoms with Crippen LogP contribution in [0, 0.1) is 0 Å². The number of ether oxygens (including phenoxy) is 2. The van der Waals surface area contributed by atoms with Crippen molar-refractivity contribution in [3.63, 3.8) is 0 Å². The molecule has 9 heteroatoms. The van der Waals surface area contributed by atoms with Gasteiger partial charge in [-0.25, -0.2) is 5.48 Å². The lowest BCUT2D eigenvalue weighted by Gasteiger charge is -2.38. The van der Waals surface area contributed by atoms with Crippen LogP contribution in [0.4, 0.5) is 5.69 Å². The molecule has 0 spiro atoms. The zero-order valence-corrected chi connectivity index (χ0v) is 30.2. The number of hydrogen-bond donors (Lipinski definition) is 4. The fourth-order valence-corrected chi connectivity index (χ4v) is 6.46. The second kappa shape index (κ2) is 24.3. The van der Waals surface area contributed by atoms with Crippen molar-refractivity contribution in [1.82, 2.24) is 10.4 Å². The van der Waals surface area contributed by atoms with Gasteiger partial charge in [0.05, 0.1) is 18.8 Å². The van der Waals surface area contributed by atoms with Crippen molar-refractivity contribution in [1.29, 1.82) is 0 Å². The summed E-state index contributed by atoms with van der Waals surface area (Å²) in [6, 6.07) is 15.6. The van der Waals surface area contributed by atoms with Crippen molar-refractivity contribution < 1.29 is 29.4 Å². The van der Waals surface area contributed by atoms with Gasteiger partial charge in [0.15, 0.2) is 6.29 Å². The minimum absolute atomic E-state index is 0.00250. The van der Waals surface area contributed by atoms with Gasteiger partial charge in [0.2, 0.25) is 11.8 Å². The first-order valence-corrected chi connectivity index (χ1v) is 19.0. The van der Waals surface area contributed by atoms with E-state index in [1.165, 1.54) is 77.0 Å². The fourth-order valence-electron chi connectivity index (χ4n) is 6.46. The van der Waals surface area contributed by atoms with E-state index in [0.717, 1.165) is 42.7 Å². The first-order valence-electron chi connectivity index (χ1n) is 19.0. The highest BCUT2D eigenvalue weighted by Gasteiger charge is 2.33. The number of aliphatic hydroxyl groups is 1. The number of nitrogens with one attached hydrogen (secondary N) is 2. The van der Waals surface area contributed by atoms with Crippen LogP contribution in [-0.2, 0) is 25.7 Å². The summed E-state index contributed by atoms with van der Waals surface area (Å²) >= 11 is 0. The van der Waals surface area contributed by atoms with Crippen LogP contribution in [-0.4, -0.2) is 52.8 Å². The fraction of sp³-hybridized carbons (Fsp3) is 0.650. The molecular formula is C40H63N3O6. The molecule has 9 nitrogen and oxygen atoms in total. The zero-order valence-electron chi connectivity index (χ0n) is 30.2. The van der Waals surface area contributed by atoms with E-state index < -0.39 is 12.2 Å². The van der Waals surface area contributed by atoms with Gasteiger partial charge in [-0.1, -0.05) is 114 Å². The third kappa shape index (κ3) is 16.2. The molecule has 1 fully saturated rings. The van der Waals surface area contributed by atoms with E-state index in [4.69, 9.17) is 14.7 Å². The summed E-state index contributed by atoms with van der Waals surface area (Å²) in [4.78, 5) is 26.5. The van der Waals surface area contributed by atoms with E-state index in [1.807, 2.05) is 48.5 Å². The van der Waals surface area contributed by atoms with Crippen LogP contribution in [0.2, 0.25) is 0 Å². The standard InChI is InChI=1S/C40H63N3O6/c1-3-5-7-9-11-15-26-43(27-16-12-10-8-6-4-2)30-36-29-37(33-24-22-32(31-44)23-25-33)49-40(48-36)34-18-17-19-35(28-34)41-38(45)20-13-14-21-39(46)42-47/h17-19,22-25,28,36-37,40,44,47H,3-16,20-21,26-27,29-31H2,1-2H3,(H,41,45)(H,42,46)/t36-,37+,40+/m0/s1. The molecule has 0 aliphatic carbocycles. The van der Waals surface area contributed by atoms with Gasteiger partial charge >= 0.3 is 0 Å². The van der Waals surface area contributed by atoms with Crippen molar-refractivity contribution >= 4 is 17.5 Å². The molecule has 2 aromatic carbocycles. The van der Waals surface area contributed by atoms with Gasteiger partial charge in [-0.2, -0.15) is 0 Å². The Morgan fingerprint density at radius 1 is 0.755 bits per heavy atom. The molecule has 49 heavy (non-hydrogen) atoms. The number of carbonyl (C=O) groups is 2. The van der Waals surface area contributed by atoms with E-state index in [2.05, 4.69) is 24.1 Å². The predicted octanol–water partition coefficient (Wildman–Crippen LogP) is 8.75. The average Bonchev–Trinajstić information content (AvgIpc) is 3.12. The first-order chi connectivity index (χ1) is 23.9. The molecule has 0 saturated carbocycles. The van der Waals surface area contributed by atoms with Gasteiger partial charge in [-0.15, -0.1) is 0 Å². The number of anilines is 1. The van der Waals surface area contributed by atoms with Crippen molar-refractivity contribution in [2.24, 2.45) is 0 Å². The molecule has 0 aromatic heterocycles. The van der Waals surface area contributed by atoms with Crippen molar-refractivity contribution in [2.75, 3.05) is 25.0 Å². The molecule has 3 atom stereocenters. The molecule has 274 valence electrons. The summed E-state index contributed by atoms with van der Waals surface area (Å²) in [6.45, 7) is 7.53. The second-order valence-electron chi connectivity index (χ2n) is 13.6. The molecular weight excluding hydrogens is 618 g/mol. The third-order valence-electron chi connectivity index (χ3n) is 9.36. The summed E-state index contributed by atoms with van der Waals surface area (Å²) in [6.07, 6.45) is 16.8. The van der Waals surface area contributed by atoms with Gasteiger partial charge in [-0.3, -0.25) is 14.8 Å². The highest BCUT2D eigenvalue weighted by atomic mass is 16.7. The summed E-state index contributed by atoms with van der Waals surface area (Å²) in [5.74, 6) is -0.582. The zero-order chi connectivity index (χ0) is 35.1. The Bertz CT molecular complexity index is 1180. The molecule has 1 heterocycles. The quantitative estimate of drug-likeness (QED) is 0.0470. The van der Waals surface area contributed by atoms with E-state index in [0.29, 0.717) is 18.5 Å². The molecule has 1 aliphatic heterocycles. The van der Waals surface area contributed by atoms with Gasteiger partial charge in [0, 0.05) is 37.1 Å². The molecule has 1 aliphatic rings. The Kier molecular flexibility index (Phi) is 20.2. The number of benzene rings is 2. The van der Waals surface area contributed by atoms with Crippen LogP contribution >= 0.6 is 0 Å². The SMILES string of the molecule is CCCCCCCCN(CCCCCCCC)C[C@@H]1C[C@H](c2ccc(CO)cc2)O[C@H](c2cccc(NC(=O)CCCCC(=O)NO)c2)O1. The molecule has 0 bridgehead atoms. The molecule has 1 saturated heterocycles. The van der Waals surface area contributed by atoms with Crippen LogP contribution in [0.1, 0.15) is 152 Å². The van der Waals surface area contributed by atoms with Gasteiger partial charge in [0.1, 0.15) is 0 Å². The van der Waals surface area contributed by atoms with Crippen molar-refractivity contribution in [3.8, 4) is 0 Å². The number of nitrogens with zero attached hydrogens (tertiary/aromatic N) is 1. The molecule has 4 N–H and O–H groups in total. The van der Waals surface area contributed by atoms with Crippen molar-refractivity contribution in [2.45, 2.75) is 148 Å². The highest BCUT2D eigenvalue weighted by molar-refractivity contribution is 5.90. The number of carbonyl (C=O) groups excluding carboxylic acids is 2. The number of hydrogen-bond acceptors (Lipinski definition) is 7.